The van der Waals surface area contributed by atoms with E-state index in [0.29, 0.717) is 23.0 Å². The van der Waals surface area contributed by atoms with Gasteiger partial charge in [0.2, 0.25) is 5.56 Å². The van der Waals surface area contributed by atoms with Crippen molar-refractivity contribution in [2.75, 3.05) is 38.0 Å². The fraction of sp³-hybridized carbons (Fsp3) is 0.317. The number of aliphatic hydroxyl groups excluding tert-OH is 1. The molecule has 0 radical (unpaired) electrons. The average Bonchev–Trinajstić information content (AvgIpc) is 3.13. The molecule has 0 spiro atoms. The Balaban J connectivity index is 0.848. The normalized spacial score (nSPS) is 14.4. The highest BCUT2D eigenvalue weighted by atomic mass is 16.6. The van der Waals surface area contributed by atoms with E-state index in [1.54, 1.807) is 12.1 Å². The number of aromatic hydroxyl groups is 1. The predicted octanol–water partition coefficient (Wildman–Crippen LogP) is 6.80. The first-order valence-corrected chi connectivity index (χ1v) is 17.6. The van der Waals surface area contributed by atoms with Gasteiger partial charge >= 0.3 is 6.09 Å². The molecule has 1 aliphatic rings. The number of nitrogens with zero attached hydrogens (tertiary/aromatic N) is 1. The van der Waals surface area contributed by atoms with E-state index >= 15 is 0 Å². The summed E-state index contributed by atoms with van der Waals surface area (Å²) in [6.45, 7) is 4.02. The number of aromatic amines is 1. The third kappa shape index (κ3) is 9.38. The van der Waals surface area contributed by atoms with Crippen LogP contribution in [0.5, 0.6) is 5.75 Å². The van der Waals surface area contributed by atoms with Crippen LogP contribution in [-0.2, 0) is 17.6 Å². The van der Waals surface area contributed by atoms with Gasteiger partial charge in [-0.2, -0.15) is 0 Å². The van der Waals surface area contributed by atoms with Crippen LogP contribution in [0.2, 0.25) is 0 Å². The first-order valence-electron chi connectivity index (χ1n) is 17.6. The van der Waals surface area contributed by atoms with Crippen LogP contribution in [-0.4, -0.2) is 65.0 Å². The Morgan fingerprint density at radius 1 is 0.860 bits per heavy atom. The van der Waals surface area contributed by atoms with Crippen molar-refractivity contribution in [1.82, 2.24) is 15.2 Å². The number of phenolic OH excluding ortho intramolecular Hbond substituents is 1. The zero-order valence-corrected chi connectivity index (χ0v) is 28.3. The second-order valence-electron chi connectivity index (χ2n) is 13.0. The van der Waals surface area contributed by atoms with Crippen LogP contribution in [0.15, 0.2) is 108 Å². The number of amides is 1. The minimum absolute atomic E-state index is 0.0137. The molecule has 5 aromatic rings. The molecule has 0 saturated carbocycles. The number of nitrogens with one attached hydrogen (secondary N) is 3. The highest BCUT2D eigenvalue weighted by molar-refractivity contribution is 5.91. The molecule has 0 bridgehead atoms. The van der Waals surface area contributed by atoms with Crippen molar-refractivity contribution in [3.05, 3.63) is 130 Å². The fourth-order valence-corrected chi connectivity index (χ4v) is 6.70. The standard InChI is InChI=1S/C41H46N4O5/c46-37-20-18-34(35-19-21-39(48)44-40(35)37)38(47)28-42-24-6-8-29-14-16-30(17-15-29)9-7-25-45-26-22-32(23-27-45)50-41(49)43-36-13-5-4-12-33(36)31-10-2-1-3-11-31/h1-5,10-21,32,38,42,46-47H,6-9,22-28H2,(H,43,49)(H,44,48)/t38-/m1/s1. The zero-order valence-electron chi connectivity index (χ0n) is 28.3. The fourth-order valence-electron chi connectivity index (χ4n) is 6.70. The molecule has 1 saturated heterocycles. The van der Waals surface area contributed by atoms with E-state index in [-0.39, 0.29) is 17.4 Å². The summed E-state index contributed by atoms with van der Waals surface area (Å²) in [4.78, 5) is 29.5. The van der Waals surface area contributed by atoms with E-state index in [1.165, 1.54) is 23.3 Å². The van der Waals surface area contributed by atoms with Crippen LogP contribution in [0, 0.1) is 0 Å². The van der Waals surface area contributed by atoms with Gasteiger partial charge in [-0.25, -0.2) is 4.79 Å². The minimum atomic E-state index is -0.761. The Bertz CT molecular complexity index is 1900. The Morgan fingerprint density at radius 3 is 2.32 bits per heavy atom. The van der Waals surface area contributed by atoms with E-state index in [0.717, 1.165) is 81.5 Å². The van der Waals surface area contributed by atoms with Crippen molar-refractivity contribution >= 4 is 22.7 Å². The number of carbonyl (C=O) groups is 1. The summed E-state index contributed by atoms with van der Waals surface area (Å²) in [7, 11) is 0. The van der Waals surface area contributed by atoms with E-state index in [9.17, 15) is 19.8 Å². The summed E-state index contributed by atoms with van der Waals surface area (Å²) in [5.74, 6) is -0.0137. The lowest BCUT2D eigenvalue weighted by molar-refractivity contribution is 0.0587. The second kappa shape index (κ2) is 17.1. The Kier molecular flexibility index (Phi) is 11.9. The molecule has 1 fully saturated rings. The maximum Gasteiger partial charge on any atom is 0.411 e. The topological polar surface area (TPSA) is 127 Å². The number of anilines is 1. The Hall–Kier alpha value is -4.96. The number of carbonyl (C=O) groups excluding carboxylic acids is 1. The molecule has 0 aliphatic carbocycles. The van der Waals surface area contributed by atoms with Crippen LogP contribution in [0.25, 0.3) is 22.0 Å². The molecule has 1 atom stereocenters. The molecule has 0 unspecified atom stereocenters. The largest absolute Gasteiger partial charge is 0.506 e. The van der Waals surface area contributed by atoms with E-state index in [2.05, 4.69) is 44.8 Å². The van der Waals surface area contributed by atoms with Gasteiger partial charge in [-0.1, -0.05) is 78.9 Å². The zero-order chi connectivity index (χ0) is 34.7. The summed E-state index contributed by atoms with van der Waals surface area (Å²) < 4.78 is 5.80. The number of piperidine rings is 1. The molecule has 260 valence electrons. The molecule has 5 N–H and O–H groups in total. The van der Waals surface area contributed by atoms with Crippen molar-refractivity contribution in [1.29, 1.82) is 0 Å². The molecule has 1 aliphatic heterocycles. The number of benzene rings is 4. The van der Waals surface area contributed by atoms with Crippen LogP contribution in [0.4, 0.5) is 10.5 Å². The highest BCUT2D eigenvalue weighted by Gasteiger charge is 2.22. The van der Waals surface area contributed by atoms with Gasteiger partial charge in [0, 0.05) is 36.7 Å². The SMILES string of the molecule is O=C(Nc1ccccc1-c1ccccc1)OC1CCN(CCCc2ccc(CCCNC[C@@H](O)c3ccc(O)c4[nH]c(=O)ccc34)cc2)CC1. The lowest BCUT2D eigenvalue weighted by atomic mass is 10.0. The Morgan fingerprint density at radius 2 is 1.56 bits per heavy atom. The summed E-state index contributed by atoms with van der Waals surface area (Å²) >= 11 is 0. The molecular weight excluding hydrogens is 628 g/mol. The smallest absolute Gasteiger partial charge is 0.411 e. The van der Waals surface area contributed by atoms with Crippen molar-refractivity contribution in [2.24, 2.45) is 0 Å². The maximum atomic E-state index is 12.7. The van der Waals surface area contributed by atoms with Gasteiger partial charge in [-0.05, 0) is 92.1 Å². The summed E-state index contributed by atoms with van der Waals surface area (Å²) in [6.07, 6.45) is 4.45. The maximum absolute atomic E-state index is 12.7. The van der Waals surface area contributed by atoms with Gasteiger partial charge in [-0.15, -0.1) is 0 Å². The molecular formula is C41H46N4O5. The number of fused-ring (bicyclic) bond motifs is 1. The van der Waals surface area contributed by atoms with Gasteiger partial charge in [0.15, 0.2) is 0 Å². The number of ether oxygens (including phenoxy) is 1. The van der Waals surface area contributed by atoms with Gasteiger partial charge < -0.3 is 30.2 Å². The van der Waals surface area contributed by atoms with Crippen molar-refractivity contribution in [3.8, 4) is 16.9 Å². The molecule has 2 heterocycles. The molecule has 1 aromatic heterocycles. The number of hydrogen-bond donors (Lipinski definition) is 5. The number of para-hydroxylation sites is 1. The van der Waals surface area contributed by atoms with Crippen LogP contribution in [0.1, 0.15) is 48.5 Å². The number of rotatable bonds is 14. The second-order valence-corrected chi connectivity index (χ2v) is 13.0. The number of H-pyrrole nitrogens is 1. The van der Waals surface area contributed by atoms with Crippen LogP contribution < -0.4 is 16.2 Å². The summed E-state index contributed by atoms with van der Waals surface area (Å²) in [6, 6.07) is 32.9. The van der Waals surface area contributed by atoms with Gasteiger partial charge in [-0.3, -0.25) is 10.1 Å². The molecule has 1 amide bonds. The molecule has 9 heteroatoms. The quantitative estimate of drug-likeness (QED) is 0.0820. The molecule has 4 aromatic carbocycles. The van der Waals surface area contributed by atoms with E-state index < -0.39 is 12.2 Å². The van der Waals surface area contributed by atoms with Crippen LogP contribution >= 0.6 is 0 Å². The molecule has 6 rings (SSSR count). The molecule has 50 heavy (non-hydrogen) atoms. The third-order valence-electron chi connectivity index (χ3n) is 9.44. The van der Waals surface area contributed by atoms with Crippen molar-refractivity contribution < 1.29 is 19.7 Å². The first kappa shape index (κ1) is 34.9. The third-order valence-corrected chi connectivity index (χ3v) is 9.44. The molecule has 9 nitrogen and oxygen atoms in total. The number of hydrogen-bond acceptors (Lipinski definition) is 7. The van der Waals surface area contributed by atoms with Gasteiger partial charge in [0.1, 0.15) is 11.9 Å². The van der Waals surface area contributed by atoms with Crippen molar-refractivity contribution in [3.63, 3.8) is 0 Å². The highest BCUT2D eigenvalue weighted by Crippen LogP contribution is 2.29. The number of aromatic nitrogens is 1. The van der Waals surface area contributed by atoms with Gasteiger partial charge in [0.05, 0.1) is 17.3 Å². The lowest BCUT2D eigenvalue weighted by Gasteiger charge is -2.31. The van der Waals surface area contributed by atoms with Crippen LogP contribution in [0.3, 0.4) is 0 Å². The minimum Gasteiger partial charge on any atom is -0.506 e. The predicted molar refractivity (Wildman–Crippen MR) is 199 cm³/mol. The lowest BCUT2D eigenvalue weighted by Crippen LogP contribution is -2.39. The monoisotopic (exact) mass is 674 g/mol. The van der Waals surface area contributed by atoms with Gasteiger partial charge in [0.25, 0.3) is 0 Å². The first-order chi connectivity index (χ1) is 24.4. The average molecular weight is 675 g/mol. The Labute approximate surface area is 292 Å². The number of phenols is 1. The number of likely N-dealkylation sites (tertiary alicyclic amines) is 1. The van der Waals surface area contributed by atoms with E-state index in [4.69, 9.17) is 4.74 Å². The summed E-state index contributed by atoms with van der Waals surface area (Å²) in [5.41, 5.74) is 6.11. The summed E-state index contributed by atoms with van der Waals surface area (Å²) in [5, 5.41) is 27.7. The number of pyridine rings is 1. The number of aliphatic hydroxyl groups is 1. The van der Waals surface area contributed by atoms with Crippen molar-refractivity contribution in [2.45, 2.75) is 50.7 Å². The van der Waals surface area contributed by atoms with E-state index in [1.807, 2.05) is 54.6 Å². The number of aryl methyl sites for hydroxylation is 2.